The molecule has 0 saturated carbocycles. The molecule has 0 aromatic heterocycles. The van der Waals surface area contributed by atoms with Crippen LogP contribution in [0.25, 0.3) is 0 Å². The molecule has 2 rings (SSSR count). The van der Waals surface area contributed by atoms with Crippen molar-refractivity contribution in [3.05, 3.63) is 29.8 Å². The van der Waals surface area contributed by atoms with Gasteiger partial charge in [-0.3, -0.25) is 4.72 Å². The average molecular weight is 299 g/mol. The molecule has 0 unspecified atom stereocenters. The summed E-state index contributed by atoms with van der Waals surface area (Å²) in [5.41, 5.74) is 6.40. The number of sulfonamides is 1. The molecule has 1 aromatic rings. The maximum atomic E-state index is 12.2. The molecule has 1 saturated heterocycles. The fourth-order valence-corrected chi connectivity index (χ4v) is 3.44. The molecule has 0 spiro atoms. The lowest BCUT2D eigenvalue weighted by atomic mass is 10.2. The van der Waals surface area contributed by atoms with Crippen molar-refractivity contribution in [2.75, 3.05) is 17.9 Å². The lowest BCUT2D eigenvalue weighted by molar-refractivity contribution is 0.0984. The number of oxime groups is 1. The molecule has 1 aliphatic rings. The molecule has 4 N–H and O–H groups in total. The predicted octanol–water partition coefficient (Wildman–Crippen LogP) is 0.702. The second-order valence-electron chi connectivity index (χ2n) is 4.52. The zero-order chi connectivity index (χ0) is 14.6. The number of hydrogen-bond acceptors (Lipinski definition) is 5. The number of nitrogens with two attached hydrogens (primary N) is 1. The van der Waals surface area contributed by atoms with Crippen LogP contribution in [0.4, 0.5) is 5.69 Å². The van der Waals surface area contributed by atoms with Crippen LogP contribution in [0.2, 0.25) is 0 Å². The van der Waals surface area contributed by atoms with Crippen LogP contribution < -0.4 is 10.5 Å². The van der Waals surface area contributed by atoms with Gasteiger partial charge in [0.2, 0.25) is 10.0 Å². The molecule has 110 valence electrons. The van der Waals surface area contributed by atoms with Gasteiger partial charge in [-0.25, -0.2) is 8.42 Å². The lowest BCUT2D eigenvalue weighted by Gasteiger charge is -2.22. The normalized spacial score (nSPS) is 17.9. The highest BCUT2D eigenvalue weighted by Gasteiger charge is 2.27. The van der Waals surface area contributed by atoms with Gasteiger partial charge in [0, 0.05) is 24.5 Å². The molecule has 0 amide bonds. The first-order valence-corrected chi connectivity index (χ1v) is 7.75. The van der Waals surface area contributed by atoms with Gasteiger partial charge < -0.3 is 15.7 Å². The van der Waals surface area contributed by atoms with E-state index in [1.54, 1.807) is 24.3 Å². The Labute approximate surface area is 117 Å². The second-order valence-corrected chi connectivity index (χ2v) is 6.48. The van der Waals surface area contributed by atoms with E-state index in [-0.39, 0.29) is 5.84 Å². The van der Waals surface area contributed by atoms with Crippen molar-refractivity contribution in [3.63, 3.8) is 0 Å². The number of rotatable bonds is 4. The topological polar surface area (TPSA) is 114 Å². The van der Waals surface area contributed by atoms with E-state index < -0.39 is 15.3 Å². The van der Waals surface area contributed by atoms with Crippen molar-refractivity contribution in [3.8, 4) is 0 Å². The molecular weight excluding hydrogens is 282 g/mol. The third kappa shape index (κ3) is 3.40. The molecule has 1 heterocycles. The van der Waals surface area contributed by atoms with Gasteiger partial charge >= 0.3 is 0 Å². The summed E-state index contributed by atoms with van der Waals surface area (Å²) in [7, 11) is -3.42. The standard InChI is InChI=1S/C12H17N3O4S/c13-12(14-16)9-1-3-10(4-2-9)15-20(17,18)11-5-7-19-8-6-11/h1-4,11,15-16H,5-8H2,(H2,13,14). The van der Waals surface area contributed by atoms with Gasteiger partial charge in [0.05, 0.1) is 5.25 Å². The van der Waals surface area contributed by atoms with Crippen molar-refractivity contribution in [2.45, 2.75) is 18.1 Å². The molecule has 1 aromatic carbocycles. The average Bonchev–Trinajstić information content (AvgIpc) is 2.48. The smallest absolute Gasteiger partial charge is 0.235 e. The van der Waals surface area contributed by atoms with Crippen LogP contribution in [0.1, 0.15) is 18.4 Å². The zero-order valence-electron chi connectivity index (χ0n) is 10.8. The van der Waals surface area contributed by atoms with Crippen LogP contribution in [0.15, 0.2) is 29.4 Å². The van der Waals surface area contributed by atoms with Gasteiger partial charge in [0.25, 0.3) is 0 Å². The second kappa shape index (κ2) is 6.10. The number of nitrogens with zero attached hydrogens (tertiary/aromatic N) is 1. The maximum absolute atomic E-state index is 12.2. The van der Waals surface area contributed by atoms with Crippen molar-refractivity contribution < 1.29 is 18.4 Å². The van der Waals surface area contributed by atoms with Gasteiger partial charge in [-0.05, 0) is 37.1 Å². The van der Waals surface area contributed by atoms with Gasteiger partial charge in [-0.1, -0.05) is 5.16 Å². The van der Waals surface area contributed by atoms with Crippen LogP contribution in [0.3, 0.4) is 0 Å². The predicted molar refractivity (Wildman–Crippen MR) is 75.3 cm³/mol. The molecule has 0 atom stereocenters. The first kappa shape index (κ1) is 14.6. The molecule has 0 radical (unpaired) electrons. The van der Waals surface area contributed by atoms with Crippen molar-refractivity contribution in [2.24, 2.45) is 10.9 Å². The van der Waals surface area contributed by atoms with Crippen LogP contribution in [-0.2, 0) is 14.8 Å². The molecule has 0 bridgehead atoms. The Hall–Kier alpha value is -1.80. The Morgan fingerprint density at radius 2 is 1.90 bits per heavy atom. The quantitative estimate of drug-likeness (QED) is 0.328. The minimum atomic E-state index is -3.42. The minimum absolute atomic E-state index is 0.0242. The largest absolute Gasteiger partial charge is 0.409 e. The Morgan fingerprint density at radius 1 is 1.30 bits per heavy atom. The van der Waals surface area contributed by atoms with Crippen LogP contribution in [0, 0.1) is 0 Å². The summed E-state index contributed by atoms with van der Waals surface area (Å²) in [4.78, 5) is 0. The SMILES string of the molecule is NC(=NO)c1ccc(NS(=O)(=O)C2CCOCC2)cc1. The fourth-order valence-electron chi connectivity index (χ4n) is 2.00. The molecule has 20 heavy (non-hydrogen) atoms. The molecule has 8 heteroatoms. The highest BCUT2D eigenvalue weighted by atomic mass is 32.2. The van der Waals surface area contributed by atoms with Crippen LogP contribution in [-0.4, -0.2) is 37.9 Å². The molecule has 7 nitrogen and oxygen atoms in total. The van der Waals surface area contributed by atoms with E-state index in [1.165, 1.54) is 0 Å². The summed E-state index contributed by atoms with van der Waals surface area (Å²) in [6, 6.07) is 6.31. The van der Waals surface area contributed by atoms with E-state index in [1.807, 2.05) is 0 Å². The van der Waals surface area contributed by atoms with E-state index in [2.05, 4.69) is 9.88 Å². The summed E-state index contributed by atoms with van der Waals surface area (Å²) >= 11 is 0. The summed E-state index contributed by atoms with van der Waals surface area (Å²) in [5.74, 6) is -0.0242. The maximum Gasteiger partial charge on any atom is 0.235 e. The van der Waals surface area contributed by atoms with E-state index in [9.17, 15) is 8.42 Å². The highest BCUT2D eigenvalue weighted by Crippen LogP contribution is 2.19. The zero-order valence-corrected chi connectivity index (χ0v) is 11.6. The number of benzene rings is 1. The number of nitrogens with one attached hydrogen (secondary N) is 1. The molecule has 1 fully saturated rings. The van der Waals surface area contributed by atoms with Gasteiger partial charge in [0.15, 0.2) is 5.84 Å². The summed E-state index contributed by atoms with van der Waals surface area (Å²) in [5, 5.41) is 11.0. The fraction of sp³-hybridized carbons (Fsp3) is 0.417. The van der Waals surface area contributed by atoms with Gasteiger partial charge in [0.1, 0.15) is 0 Å². The van der Waals surface area contributed by atoms with Crippen molar-refractivity contribution in [1.29, 1.82) is 0 Å². The van der Waals surface area contributed by atoms with Crippen molar-refractivity contribution in [1.82, 2.24) is 0 Å². The van der Waals surface area contributed by atoms with Crippen LogP contribution in [0.5, 0.6) is 0 Å². The monoisotopic (exact) mass is 299 g/mol. The lowest BCUT2D eigenvalue weighted by Crippen LogP contribution is -2.33. The van der Waals surface area contributed by atoms with E-state index >= 15 is 0 Å². The Kier molecular flexibility index (Phi) is 4.46. The van der Waals surface area contributed by atoms with E-state index in [4.69, 9.17) is 15.7 Å². The third-order valence-corrected chi connectivity index (χ3v) is 5.02. The third-order valence-electron chi connectivity index (χ3n) is 3.16. The summed E-state index contributed by atoms with van der Waals surface area (Å²) in [6.07, 6.45) is 0.995. The summed E-state index contributed by atoms with van der Waals surface area (Å²) in [6.45, 7) is 0.933. The number of hydrogen-bond donors (Lipinski definition) is 3. The molecular formula is C12H17N3O4S. The van der Waals surface area contributed by atoms with E-state index in [0.29, 0.717) is 37.3 Å². The van der Waals surface area contributed by atoms with Crippen molar-refractivity contribution >= 4 is 21.5 Å². The first-order valence-electron chi connectivity index (χ1n) is 6.20. The van der Waals surface area contributed by atoms with Gasteiger partial charge in [-0.2, -0.15) is 0 Å². The minimum Gasteiger partial charge on any atom is -0.409 e. The number of amidine groups is 1. The first-order chi connectivity index (χ1) is 9.53. The number of anilines is 1. The van der Waals surface area contributed by atoms with E-state index in [0.717, 1.165) is 0 Å². The molecule has 1 aliphatic heterocycles. The summed E-state index contributed by atoms with van der Waals surface area (Å²) < 4.78 is 32.1. The Bertz CT molecular complexity index is 577. The van der Waals surface area contributed by atoms with Gasteiger partial charge in [-0.15, -0.1) is 0 Å². The molecule has 0 aliphatic carbocycles. The number of ether oxygens (including phenoxy) is 1. The highest BCUT2D eigenvalue weighted by molar-refractivity contribution is 7.93. The Balaban J connectivity index is 2.09. The van der Waals surface area contributed by atoms with Crippen LogP contribution >= 0.6 is 0 Å². The Morgan fingerprint density at radius 3 is 2.45 bits per heavy atom.